The first-order chi connectivity index (χ1) is 6.61. The molecule has 0 aliphatic carbocycles. The summed E-state index contributed by atoms with van der Waals surface area (Å²) in [5, 5.41) is 0.615. The van der Waals surface area contributed by atoms with E-state index in [1.807, 2.05) is 6.07 Å². The summed E-state index contributed by atoms with van der Waals surface area (Å²) in [4.78, 5) is 10.8. The highest BCUT2D eigenvalue weighted by atomic mass is 79.9. The molecular weight excluding hydrogens is 267 g/mol. The largest absolute Gasteiger partial charge is 0.466 e. The number of benzene rings is 1. The lowest BCUT2D eigenvalue weighted by molar-refractivity contribution is -0.134. The van der Waals surface area contributed by atoms with Gasteiger partial charge in [0.25, 0.3) is 0 Å². The molecule has 0 fully saturated rings. The summed E-state index contributed by atoms with van der Waals surface area (Å²) in [6.45, 7) is 0. The molecule has 0 aliphatic heterocycles. The van der Waals surface area contributed by atoms with Crippen LogP contribution in [0, 0.1) is 0 Å². The van der Waals surface area contributed by atoms with Crippen molar-refractivity contribution in [3.05, 3.63) is 39.3 Å². The Morgan fingerprint density at radius 3 is 2.79 bits per heavy atom. The third-order valence-corrected chi connectivity index (χ3v) is 2.17. The number of hydrogen-bond donors (Lipinski definition) is 0. The molecule has 0 amide bonds. The third-order valence-electron chi connectivity index (χ3n) is 1.50. The Morgan fingerprint density at radius 1 is 1.50 bits per heavy atom. The topological polar surface area (TPSA) is 26.3 Å². The lowest BCUT2D eigenvalue weighted by Crippen LogP contribution is -1.93. The summed E-state index contributed by atoms with van der Waals surface area (Å²) >= 11 is 9.12. The Labute approximate surface area is 95.6 Å². The van der Waals surface area contributed by atoms with Crippen molar-refractivity contribution in [3.63, 3.8) is 0 Å². The predicted octanol–water partition coefficient (Wildman–Crippen LogP) is 3.29. The molecule has 1 aromatic rings. The second-order valence-corrected chi connectivity index (χ2v) is 3.91. The van der Waals surface area contributed by atoms with Crippen LogP contribution in [-0.4, -0.2) is 13.1 Å². The second kappa shape index (κ2) is 5.17. The van der Waals surface area contributed by atoms with E-state index in [0.717, 1.165) is 10.0 Å². The van der Waals surface area contributed by atoms with E-state index >= 15 is 0 Å². The summed E-state index contributed by atoms with van der Waals surface area (Å²) < 4.78 is 5.33. The van der Waals surface area contributed by atoms with Crippen LogP contribution >= 0.6 is 27.5 Å². The Bertz CT molecular complexity index is 354. The molecule has 0 heterocycles. The molecule has 4 heteroatoms. The standard InChI is InChI=1S/C10H8BrClO2/c1-14-10(13)3-2-7-4-8(11)6-9(12)5-7/h2-6H,1H3. The second-order valence-electron chi connectivity index (χ2n) is 2.56. The Balaban J connectivity index is 2.86. The summed E-state index contributed by atoms with van der Waals surface area (Å²) in [6.07, 6.45) is 2.99. The van der Waals surface area contributed by atoms with Crippen molar-refractivity contribution in [1.82, 2.24) is 0 Å². The van der Waals surface area contributed by atoms with E-state index in [2.05, 4.69) is 20.7 Å². The minimum absolute atomic E-state index is 0.388. The molecule has 0 radical (unpaired) electrons. The Morgan fingerprint density at radius 2 is 2.21 bits per heavy atom. The monoisotopic (exact) mass is 274 g/mol. The van der Waals surface area contributed by atoms with Crippen molar-refractivity contribution in [2.45, 2.75) is 0 Å². The lowest BCUT2D eigenvalue weighted by Gasteiger charge is -1.96. The number of rotatable bonds is 2. The van der Waals surface area contributed by atoms with Crippen molar-refractivity contribution in [1.29, 1.82) is 0 Å². The fraction of sp³-hybridized carbons (Fsp3) is 0.100. The fourth-order valence-corrected chi connectivity index (χ4v) is 1.79. The number of esters is 1. The average Bonchev–Trinajstić information content (AvgIpc) is 2.12. The molecule has 2 nitrogen and oxygen atoms in total. The van der Waals surface area contributed by atoms with Crippen LogP contribution in [0.4, 0.5) is 0 Å². The van der Waals surface area contributed by atoms with Crippen LogP contribution < -0.4 is 0 Å². The molecule has 0 unspecified atom stereocenters. The van der Waals surface area contributed by atoms with E-state index in [1.54, 1.807) is 18.2 Å². The number of carbonyl (C=O) groups excluding carboxylic acids is 1. The number of ether oxygens (including phenoxy) is 1. The molecular formula is C10H8BrClO2. The zero-order valence-corrected chi connectivity index (χ0v) is 9.80. The maximum Gasteiger partial charge on any atom is 0.330 e. The van der Waals surface area contributed by atoms with Gasteiger partial charge in [-0.1, -0.05) is 27.5 Å². The van der Waals surface area contributed by atoms with Gasteiger partial charge in [0.1, 0.15) is 0 Å². The van der Waals surface area contributed by atoms with E-state index in [9.17, 15) is 4.79 Å². The first-order valence-electron chi connectivity index (χ1n) is 3.84. The van der Waals surface area contributed by atoms with Crippen molar-refractivity contribution in [3.8, 4) is 0 Å². The van der Waals surface area contributed by atoms with Gasteiger partial charge in [0, 0.05) is 15.6 Å². The van der Waals surface area contributed by atoms with Crippen LogP contribution in [0.2, 0.25) is 5.02 Å². The molecule has 0 N–H and O–H groups in total. The van der Waals surface area contributed by atoms with E-state index in [4.69, 9.17) is 11.6 Å². The third kappa shape index (κ3) is 3.52. The minimum atomic E-state index is -0.388. The number of carbonyl (C=O) groups is 1. The minimum Gasteiger partial charge on any atom is -0.466 e. The average molecular weight is 276 g/mol. The molecule has 1 rings (SSSR count). The highest BCUT2D eigenvalue weighted by Crippen LogP contribution is 2.20. The lowest BCUT2D eigenvalue weighted by atomic mass is 10.2. The number of hydrogen-bond acceptors (Lipinski definition) is 2. The van der Waals surface area contributed by atoms with E-state index in [1.165, 1.54) is 13.2 Å². The van der Waals surface area contributed by atoms with Gasteiger partial charge >= 0.3 is 5.97 Å². The molecule has 0 spiro atoms. The molecule has 1 aromatic carbocycles. The van der Waals surface area contributed by atoms with Gasteiger partial charge in [-0.3, -0.25) is 0 Å². The Hall–Kier alpha value is -0.800. The molecule has 74 valence electrons. The van der Waals surface area contributed by atoms with E-state index in [-0.39, 0.29) is 5.97 Å². The van der Waals surface area contributed by atoms with E-state index < -0.39 is 0 Å². The highest BCUT2D eigenvalue weighted by molar-refractivity contribution is 9.10. The van der Waals surface area contributed by atoms with Crippen molar-refractivity contribution >= 4 is 39.6 Å². The summed E-state index contributed by atoms with van der Waals surface area (Å²) in [6, 6.07) is 5.38. The van der Waals surface area contributed by atoms with Gasteiger partial charge in [-0.2, -0.15) is 0 Å². The maximum absolute atomic E-state index is 10.8. The molecule has 0 saturated heterocycles. The number of halogens is 2. The molecule has 0 atom stereocenters. The smallest absolute Gasteiger partial charge is 0.330 e. The summed E-state index contributed by atoms with van der Waals surface area (Å²) in [5.74, 6) is -0.388. The molecule has 0 saturated carbocycles. The zero-order valence-electron chi connectivity index (χ0n) is 7.46. The molecule has 0 bridgehead atoms. The van der Waals surface area contributed by atoms with Gasteiger partial charge in [-0.25, -0.2) is 4.79 Å². The van der Waals surface area contributed by atoms with Gasteiger partial charge in [0.2, 0.25) is 0 Å². The first kappa shape index (κ1) is 11.3. The van der Waals surface area contributed by atoms with E-state index in [0.29, 0.717) is 5.02 Å². The van der Waals surface area contributed by atoms with Crippen LogP contribution in [0.3, 0.4) is 0 Å². The molecule has 0 aromatic heterocycles. The van der Waals surface area contributed by atoms with Crippen LogP contribution in [0.5, 0.6) is 0 Å². The predicted molar refractivity (Wildman–Crippen MR) is 60.2 cm³/mol. The van der Waals surface area contributed by atoms with Crippen LogP contribution in [0.25, 0.3) is 6.08 Å². The van der Waals surface area contributed by atoms with Crippen LogP contribution in [0.15, 0.2) is 28.7 Å². The van der Waals surface area contributed by atoms with Crippen molar-refractivity contribution in [2.24, 2.45) is 0 Å². The van der Waals surface area contributed by atoms with Gasteiger partial charge in [0.15, 0.2) is 0 Å². The van der Waals surface area contributed by atoms with Crippen LogP contribution in [0.1, 0.15) is 5.56 Å². The highest BCUT2D eigenvalue weighted by Gasteiger charge is 1.96. The fourth-order valence-electron chi connectivity index (χ4n) is 0.904. The quantitative estimate of drug-likeness (QED) is 0.611. The number of methoxy groups -OCH3 is 1. The SMILES string of the molecule is COC(=O)C=Cc1cc(Cl)cc(Br)c1. The first-order valence-corrected chi connectivity index (χ1v) is 5.01. The normalized spacial score (nSPS) is 10.5. The Kier molecular flexibility index (Phi) is 4.17. The summed E-state index contributed by atoms with van der Waals surface area (Å²) in [7, 11) is 1.33. The van der Waals surface area contributed by atoms with Gasteiger partial charge in [-0.15, -0.1) is 0 Å². The summed E-state index contributed by atoms with van der Waals surface area (Å²) in [5.41, 5.74) is 0.842. The maximum atomic E-state index is 10.8. The molecule has 0 aliphatic rings. The van der Waals surface area contributed by atoms with Crippen molar-refractivity contribution < 1.29 is 9.53 Å². The molecule has 14 heavy (non-hydrogen) atoms. The van der Waals surface area contributed by atoms with Gasteiger partial charge in [-0.05, 0) is 29.8 Å². The zero-order chi connectivity index (χ0) is 10.6. The van der Waals surface area contributed by atoms with Crippen molar-refractivity contribution in [2.75, 3.05) is 7.11 Å². The van der Waals surface area contributed by atoms with Crippen LogP contribution in [-0.2, 0) is 9.53 Å². The van der Waals surface area contributed by atoms with Gasteiger partial charge < -0.3 is 4.74 Å². The van der Waals surface area contributed by atoms with Gasteiger partial charge in [0.05, 0.1) is 7.11 Å².